The summed E-state index contributed by atoms with van der Waals surface area (Å²) in [5.41, 5.74) is -0.120. The lowest BCUT2D eigenvalue weighted by Crippen LogP contribution is -2.00. The molecule has 0 fully saturated rings. The van der Waals surface area contributed by atoms with Gasteiger partial charge in [-0.15, -0.1) is 0 Å². The number of benzene rings is 1. The van der Waals surface area contributed by atoms with Crippen molar-refractivity contribution >= 4 is 11.5 Å². The molecule has 2 aromatic rings. The first kappa shape index (κ1) is 11.9. The summed E-state index contributed by atoms with van der Waals surface area (Å²) in [5.74, 6) is -3.36. The van der Waals surface area contributed by atoms with Crippen LogP contribution < -0.4 is 5.32 Å². The third kappa shape index (κ3) is 2.25. The van der Waals surface area contributed by atoms with Crippen LogP contribution in [0.1, 0.15) is 5.56 Å². The van der Waals surface area contributed by atoms with Gasteiger partial charge in [0, 0.05) is 18.3 Å². The lowest BCUT2D eigenvalue weighted by molar-refractivity contribution is 0.496. The Balaban J connectivity index is 2.41. The first-order chi connectivity index (χ1) is 8.61. The van der Waals surface area contributed by atoms with E-state index in [2.05, 4.69) is 10.3 Å². The fourth-order valence-electron chi connectivity index (χ4n) is 1.34. The number of halogens is 3. The summed E-state index contributed by atoms with van der Waals surface area (Å²) in [4.78, 5) is 3.82. The van der Waals surface area contributed by atoms with Crippen molar-refractivity contribution in [1.82, 2.24) is 4.98 Å². The van der Waals surface area contributed by atoms with E-state index in [1.807, 2.05) is 6.07 Å². The average Bonchev–Trinajstić information content (AvgIpc) is 2.36. The first-order valence-corrected chi connectivity index (χ1v) is 4.88. The molecule has 0 aliphatic carbocycles. The number of hydrogen-bond acceptors (Lipinski definition) is 3. The number of nitriles is 1. The molecule has 18 heavy (non-hydrogen) atoms. The van der Waals surface area contributed by atoms with Crippen molar-refractivity contribution in [3.05, 3.63) is 53.5 Å². The predicted octanol–water partition coefficient (Wildman–Crippen LogP) is 3.11. The molecule has 0 spiro atoms. The van der Waals surface area contributed by atoms with Crippen LogP contribution in [0, 0.1) is 28.8 Å². The zero-order valence-corrected chi connectivity index (χ0v) is 8.92. The molecule has 0 bridgehead atoms. The largest absolute Gasteiger partial charge is 0.337 e. The highest BCUT2D eigenvalue weighted by Gasteiger charge is 2.11. The van der Waals surface area contributed by atoms with E-state index in [-0.39, 0.29) is 17.1 Å². The van der Waals surface area contributed by atoms with Crippen molar-refractivity contribution in [2.45, 2.75) is 0 Å². The topological polar surface area (TPSA) is 48.7 Å². The molecule has 90 valence electrons. The van der Waals surface area contributed by atoms with Crippen molar-refractivity contribution in [3.8, 4) is 6.07 Å². The standard InChI is InChI=1S/C12H6F3N3/c13-8-4-10(15)11(5-9(8)14)18-12-7(6-16)2-1-3-17-12/h1-5H,(H,17,18). The monoisotopic (exact) mass is 249 g/mol. The smallest absolute Gasteiger partial charge is 0.161 e. The lowest BCUT2D eigenvalue weighted by atomic mass is 10.2. The number of rotatable bonds is 2. The highest BCUT2D eigenvalue weighted by atomic mass is 19.2. The second-order valence-electron chi connectivity index (χ2n) is 3.38. The van der Waals surface area contributed by atoms with Crippen LogP contribution in [-0.4, -0.2) is 4.98 Å². The Morgan fingerprint density at radius 3 is 2.56 bits per heavy atom. The van der Waals surface area contributed by atoms with Crippen LogP contribution in [0.2, 0.25) is 0 Å². The minimum absolute atomic E-state index is 0.0740. The summed E-state index contributed by atoms with van der Waals surface area (Å²) in [6.45, 7) is 0. The van der Waals surface area contributed by atoms with E-state index in [9.17, 15) is 13.2 Å². The Kier molecular flexibility index (Phi) is 3.15. The molecule has 0 atom stereocenters. The summed E-state index contributed by atoms with van der Waals surface area (Å²) in [5, 5.41) is 11.3. The van der Waals surface area contributed by atoms with E-state index in [0.717, 1.165) is 0 Å². The molecule has 1 aromatic heterocycles. The predicted molar refractivity (Wildman–Crippen MR) is 58.6 cm³/mol. The van der Waals surface area contributed by atoms with Gasteiger partial charge in [0.15, 0.2) is 11.6 Å². The second kappa shape index (κ2) is 4.75. The Labute approximate surface area is 101 Å². The molecule has 0 radical (unpaired) electrons. The molecule has 0 aliphatic rings. The van der Waals surface area contributed by atoms with E-state index in [4.69, 9.17) is 5.26 Å². The minimum Gasteiger partial charge on any atom is -0.337 e. The normalized spacial score (nSPS) is 9.89. The lowest BCUT2D eigenvalue weighted by Gasteiger charge is -2.08. The third-order valence-corrected chi connectivity index (χ3v) is 2.19. The summed E-state index contributed by atoms with van der Waals surface area (Å²) in [6.07, 6.45) is 1.39. The molecule has 2 rings (SSSR count). The molecule has 0 saturated carbocycles. The molecule has 3 nitrogen and oxygen atoms in total. The van der Waals surface area contributed by atoms with E-state index >= 15 is 0 Å². The maximum absolute atomic E-state index is 13.4. The van der Waals surface area contributed by atoms with Gasteiger partial charge in [0.25, 0.3) is 0 Å². The zero-order chi connectivity index (χ0) is 13.1. The van der Waals surface area contributed by atoms with Gasteiger partial charge < -0.3 is 5.32 Å². The zero-order valence-electron chi connectivity index (χ0n) is 8.92. The van der Waals surface area contributed by atoms with E-state index in [1.54, 1.807) is 0 Å². The molecule has 0 amide bonds. The molecule has 6 heteroatoms. The Bertz CT molecular complexity index is 635. The van der Waals surface area contributed by atoms with Gasteiger partial charge >= 0.3 is 0 Å². The van der Waals surface area contributed by atoms with Gasteiger partial charge in [-0.2, -0.15) is 5.26 Å². The molecular formula is C12H6F3N3. The van der Waals surface area contributed by atoms with Gasteiger partial charge in [0.1, 0.15) is 17.7 Å². The van der Waals surface area contributed by atoms with E-state index in [1.165, 1.54) is 18.3 Å². The number of anilines is 2. The van der Waals surface area contributed by atoms with Gasteiger partial charge in [-0.05, 0) is 12.1 Å². The van der Waals surface area contributed by atoms with Crippen molar-refractivity contribution in [2.24, 2.45) is 0 Å². The summed E-state index contributed by atoms with van der Waals surface area (Å²) in [7, 11) is 0. The van der Waals surface area contributed by atoms with Crippen molar-refractivity contribution in [1.29, 1.82) is 5.26 Å². The van der Waals surface area contributed by atoms with Gasteiger partial charge in [-0.1, -0.05) is 0 Å². The maximum Gasteiger partial charge on any atom is 0.161 e. The number of hydrogen-bond donors (Lipinski definition) is 1. The quantitative estimate of drug-likeness (QED) is 0.832. The van der Waals surface area contributed by atoms with Gasteiger partial charge in [0.05, 0.1) is 11.3 Å². The Morgan fingerprint density at radius 1 is 1.11 bits per heavy atom. The van der Waals surface area contributed by atoms with Crippen molar-refractivity contribution in [3.63, 3.8) is 0 Å². The SMILES string of the molecule is N#Cc1cccnc1Nc1cc(F)c(F)cc1F. The fourth-order valence-corrected chi connectivity index (χ4v) is 1.34. The number of aromatic nitrogens is 1. The summed E-state index contributed by atoms with van der Waals surface area (Å²) >= 11 is 0. The van der Waals surface area contributed by atoms with Crippen molar-refractivity contribution < 1.29 is 13.2 Å². The molecule has 0 aliphatic heterocycles. The minimum atomic E-state index is -1.28. The van der Waals surface area contributed by atoms with Crippen LogP contribution in [0.4, 0.5) is 24.7 Å². The molecule has 1 N–H and O–H groups in total. The molecular weight excluding hydrogens is 243 g/mol. The maximum atomic E-state index is 13.4. The van der Waals surface area contributed by atoms with Crippen molar-refractivity contribution in [2.75, 3.05) is 5.32 Å². The van der Waals surface area contributed by atoms with Crippen LogP contribution in [0.15, 0.2) is 30.5 Å². The van der Waals surface area contributed by atoms with Gasteiger partial charge in [0.2, 0.25) is 0 Å². The second-order valence-corrected chi connectivity index (χ2v) is 3.38. The number of pyridine rings is 1. The van der Waals surface area contributed by atoms with Crippen LogP contribution in [0.25, 0.3) is 0 Å². The number of nitrogens with zero attached hydrogens (tertiary/aromatic N) is 2. The third-order valence-electron chi connectivity index (χ3n) is 2.19. The van der Waals surface area contributed by atoms with Crippen LogP contribution in [0.5, 0.6) is 0 Å². The van der Waals surface area contributed by atoms with Crippen LogP contribution >= 0.6 is 0 Å². The highest BCUT2D eigenvalue weighted by molar-refractivity contribution is 5.62. The van der Waals surface area contributed by atoms with E-state index < -0.39 is 17.5 Å². The summed E-state index contributed by atoms with van der Waals surface area (Å²) < 4.78 is 39.1. The molecule has 0 unspecified atom stereocenters. The fraction of sp³-hybridized carbons (Fsp3) is 0. The Hall–Kier alpha value is -2.55. The van der Waals surface area contributed by atoms with Crippen LogP contribution in [-0.2, 0) is 0 Å². The molecule has 0 saturated heterocycles. The number of nitrogens with one attached hydrogen (secondary N) is 1. The molecule has 1 heterocycles. The van der Waals surface area contributed by atoms with Gasteiger partial charge in [-0.25, -0.2) is 18.2 Å². The first-order valence-electron chi connectivity index (χ1n) is 4.88. The highest BCUT2D eigenvalue weighted by Crippen LogP contribution is 2.23. The van der Waals surface area contributed by atoms with Gasteiger partial charge in [-0.3, -0.25) is 0 Å². The summed E-state index contributed by atoms with van der Waals surface area (Å²) in [6, 6.07) is 5.93. The Morgan fingerprint density at radius 2 is 1.83 bits per heavy atom. The average molecular weight is 249 g/mol. The van der Waals surface area contributed by atoms with Crippen LogP contribution in [0.3, 0.4) is 0 Å². The van der Waals surface area contributed by atoms with E-state index in [0.29, 0.717) is 12.1 Å². The molecule has 1 aromatic carbocycles.